The van der Waals surface area contributed by atoms with Crippen LogP contribution in [0.5, 0.6) is 0 Å². The molecule has 3 heteroatoms. The van der Waals surface area contributed by atoms with E-state index in [0.29, 0.717) is 0 Å². The van der Waals surface area contributed by atoms with E-state index in [9.17, 15) is 4.79 Å². The third kappa shape index (κ3) is 2.50. The van der Waals surface area contributed by atoms with E-state index in [1.807, 2.05) is 0 Å². The molecule has 0 aromatic heterocycles. The van der Waals surface area contributed by atoms with Crippen LogP contribution in [0.3, 0.4) is 0 Å². The van der Waals surface area contributed by atoms with Gasteiger partial charge in [-0.1, -0.05) is 45.0 Å². The van der Waals surface area contributed by atoms with Crippen molar-refractivity contribution in [2.24, 2.45) is 0 Å². The molecule has 1 fully saturated rings. The molecule has 0 bridgehead atoms. The second-order valence-electron chi connectivity index (χ2n) is 6.11. The van der Waals surface area contributed by atoms with E-state index < -0.39 is 0 Å². The predicted molar refractivity (Wildman–Crippen MR) is 73.6 cm³/mol. The van der Waals surface area contributed by atoms with E-state index in [0.717, 1.165) is 12.8 Å². The van der Waals surface area contributed by atoms with Crippen LogP contribution in [0.1, 0.15) is 44.7 Å². The maximum Gasteiger partial charge on any atom is 0.315 e. The van der Waals surface area contributed by atoms with Gasteiger partial charge >= 0.3 is 6.03 Å². The molecule has 0 spiro atoms. The highest BCUT2D eigenvalue weighted by Crippen LogP contribution is 2.45. The molecule has 0 heterocycles. The van der Waals surface area contributed by atoms with Crippen molar-refractivity contribution in [1.82, 2.24) is 10.6 Å². The molecule has 1 saturated carbocycles. The number of rotatable bonds is 2. The monoisotopic (exact) mass is 246 g/mol. The van der Waals surface area contributed by atoms with E-state index in [1.165, 1.54) is 11.1 Å². The topological polar surface area (TPSA) is 41.1 Å². The highest BCUT2D eigenvalue weighted by molar-refractivity contribution is 5.75. The molecule has 1 aliphatic rings. The Labute approximate surface area is 109 Å². The van der Waals surface area contributed by atoms with Crippen molar-refractivity contribution in [1.29, 1.82) is 0 Å². The molecule has 0 atom stereocenters. The Kier molecular flexibility index (Phi) is 3.09. The van der Waals surface area contributed by atoms with Gasteiger partial charge in [0.2, 0.25) is 0 Å². The first-order valence-corrected chi connectivity index (χ1v) is 6.48. The molecule has 2 amide bonds. The van der Waals surface area contributed by atoms with Crippen LogP contribution in [0.2, 0.25) is 0 Å². The van der Waals surface area contributed by atoms with Gasteiger partial charge in [-0.2, -0.15) is 0 Å². The quantitative estimate of drug-likeness (QED) is 0.827. The van der Waals surface area contributed by atoms with Crippen LogP contribution < -0.4 is 10.6 Å². The summed E-state index contributed by atoms with van der Waals surface area (Å²) in [6, 6.07) is 8.52. The fourth-order valence-corrected chi connectivity index (χ4v) is 2.18. The Balaban J connectivity index is 2.17. The second kappa shape index (κ2) is 4.30. The van der Waals surface area contributed by atoms with Gasteiger partial charge in [-0.3, -0.25) is 0 Å². The molecule has 0 saturated heterocycles. The minimum Gasteiger partial charge on any atom is -0.341 e. The zero-order valence-corrected chi connectivity index (χ0v) is 11.6. The highest BCUT2D eigenvalue weighted by Gasteiger charge is 2.45. The van der Waals surface area contributed by atoms with Crippen molar-refractivity contribution in [3.63, 3.8) is 0 Å². The number of carbonyl (C=O) groups excluding carboxylic acids is 1. The van der Waals surface area contributed by atoms with Crippen molar-refractivity contribution in [3.8, 4) is 0 Å². The number of hydrogen-bond acceptors (Lipinski definition) is 1. The third-order valence-electron chi connectivity index (χ3n) is 3.63. The molecule has 98 valence electrons. The summed E-state index contributed by atoms with van der Waals surface area (Å²) in [6.07, 6.45) is 2.05. The molecule has 3 nitrogen and oxygen atoms in total. The van der Waals surface area contributed by atoms with Gasteiger partial charge in [0.25, 0.3) is 0 Å². The molecule has 0 aliphatic heterocycles. The largest absolute Gasteiger partial charge is 0.341 e. The van der Waals surface area contributed by atoms with Crippen molar-refractivity contribution in [2.75, 3.05) is 7.05 Å². The normalized spacial score (nSPS) is 17.1. The minimum absolute atomic E-state index is 0.104. The lowest BCUT2D eigenvalue weighted by atomic mass is 9.86. The Morgan fingerprint density at radius 1 is 1.17 bits per heavy atom. The van der Waals surface area contributed by atoms with Gasteiger partial charge in [0.05, 0.1) is 5.54 Å². The van der Waals surface area contributed by atoms with Gasteiger partial charge in [0, 0.05) is 7.05 Å². The summed E-state index contributed by atoms with van der Waals surface area (Å²) in [7, 11) is 1.65. The molecule has 1 aliphatic carbocycles. The smallest absolute Gasteiger partial charge is 0.315 e. The van der Waals surface area contributed by atoms with Crippen molar-refractivity contribution in [2.45, 2.75) is 44.6 Å². The van der Waals surface area contributed by atoms with E-state index >= 15 is 0 Å². The van der Waals surface area contributed by atoms with Crippen LogP contribution in [-0.2, 0) is 11.0 Å². The first-order chi connectivity index (χ1) is 8.37. The molecular formula is C15H22N2O. The van der Waals surface area contributed by atoms with Crippen molar-refractivity contribution in [3.05, 3.63) is 35.4 Å². The number of amides is 2. The second-order valence-corrected chi connectivity index (χ2v) is 6.11. The van der Waals surface area contributed by atoms with Crippen molar-refractivity contribution < 1.29 is 4.79 Å². The molecule has 2 rings (SSSR count). The van der Waals surface area contributed by atoms with E-state index in [1.54, 1.807) is 7.05 Å². The summed E-state index contributed by atoms with van der Waals surface area (Å²) < 4.78 is 0. The van der Waals surface area contributed by atoms with Crippen LogP contribution in [0.25, 0.3) is 0 Å². The zero-order chi connectivity index (χ0) is 13.4. The van der Waals surface area contributed by atoms with Crippen LogP contribution in [0.15, 0.2) is 24.3 Å². The first kappa shape index (κ1) is 12.9. The maximum absolute atomic E-state index is 11.4. The number of hydrogen-bond donors (Lipinski definition) is 2. The van der Waals surface area contributed by atoms with Gasteiger partial charge in [-0.05, 0) is 29.4 Å². The summed E-state index contributed by atoms with van der Waals surface area (Å²) in [6.45, 7) is 6.62. The summed E-state index contributed by atoms with van der Waals surface area (Å²) in [5.41, 5.74) is 2.57. The lowest BCUT2D eigenvalue weighted by molar-refractivity contribution is 0.238. The number of urea groups is 1. The first-order valence-electron chi connectivity index (χ1n) is 6.48. The van der Waals surface area contributed by atoms with E-state index in [-0.39, 0.29) is 17.0 Å². The third-order valence-corrected chi connectivity index (χ3v) is 3.63. The van der Waals surface area contributed by atoms with Crippen LogP contribution in [-0.4, -0.2) is 13.1 Å². The minimum atomic E-state index is -0.128. The Morgan fingerprint density at radius 3 is 2.11 bits per heavy atom. The number of nitrogens with one attached hydrogen (secondary N) is 2. The summed E-state index contributed by atoms with van der Waals surface area (Å²) in [5, 5.41) is 5.66. The van der Waals surface area contributed by atoms with Gasteiger partial charge in [-0.15, -0.1) is 0 Å². The molecule has 0 unspecified atom stereocenters. The fourth-order valence-electron chi connectivity index (χ4n) is 2.18. The zero-order valence-electron chi connectivity index (χ0n) is 11.6. The fraction of sp³-hybridized carbons (Fsp3) is 0.533. The molecule has 1 aromatic carbocycles. The Bertz CT molecular complexity index is 439. The van der Waals surface area contributed by atoms with Gasteiger partial charge in [0.15, 0.2) is 0 Å². The lowest BCUT2D eigenvalue weighted by Crippen LogP contribution is -2.40. The average molecular weight is 246 g/mol. The standard InChI is InChI=1S/C15H22N2O/c1-14(2,3)11-5-7-12(8-6-11)15(9-10-15)17-13(18)16-4/h5-8H,9-10H2,1-4H3,(H2,16,17,18). The number of benzene rings is 1. The number of carbonyl (C=O) groups is 1. The predicted octanol–water partition coefficient (Wildman–Crippen LogP) is 2.90. The average Bonchev–Trinajstić information content (AvgIpc) is 3.09. The van der Waals surface area contributed by atoms with Gasteiger partial charge < -0.3 is 10.6 Å². The summed E-state index contributed by atoms with van der Waals surface area (Å²) in [4.78, 5) is 11.4. The van der Waals surface area contributed by atoms with Crippen LogP contribution in [0.4, 0.5) is 4.79 Å². The van der Waals surface area contributed by atoms with Crippen LogP contribution >= 0.6 is 0 Å². The molecule has 2 N–H and O–H groups in total. The Hall–Kier alpha value is -1.51. The maximum atomic E-state index is 11.4. The highest BCUT2D eigenvalue weighted by atomic mass is 16.2. The summed E-state index contributed by atoms with van der Waals surface area (Å²) >= 11 is 0. The SMILES string of the molecule is CNC(=O)NC1(c2ccc(C(C)(C)C)cc2)CC1. The van der Waals surface area contributed by atoms with Gasteiger partial charge in [-0.25, -0.2) is 4.79 Å². The van der Waals surface area contributed by atoms with E-state index in [4.69, 9.17) is 0 Å². The molecule has 1 aromatic rings. The molecule has 18 heavy (non-hydrogen) atoms. The Morgan fingerprint density at radius 2 is 1.72 bits per heavy atom. The molecular weight excluding hydrogens is 224 g/mol. The van der Waals surface area contributed by atoms with Gasteiger partial charge in [0.1, 0.15) is 0 Å². The van der Waals surface area contributed by atoms with Crippen molar-refractivity contribution >= 4 is 6.03 Å². The lowest BCUT2D eigenvalue weighted by Gasteiger charge is -2.22. The summed E-state index contributed by atoms with van der Waals surface area (Å²) in [5.74, 6) is 0. The van der Waals surface area contributed by atoms with Crippen LogP contribution in [0, 0.1) is 0 Å². The molecule has 0 radical (unpaired) electrons. The van der Waals surface area contributed by atoms with E-state index in [2.05, 4.69) is 55.7 Å².